The molecule has 0 N–H and O–H groups in total. The Morgan fingerprint density at radius 1 is 1.08 bits per heavy atom. The molecule has 140 valence electrons. The van der Waals surface area contributed by atoms with Crippen LogP contribution in [0.2, 0.25) is 0 Å². The van der Waals surface area contributed by atoms with Crippen molar-refractivity contribution in [2.75, 3.05) is 18.0 Å². The highest BCUT2D eigenvalue weighted by Gasteiger charge is 2.28. The predicted molar refractivity (Wildman–Crippen MR) is 93.5 cm³/mol. The highest BCUT2D eigenvalue weighted by Crippen LogP contribution is 2.45. The third-order valence-corrected chi connectivity index (χ3v) is 5.71. The summed E-state index contributed by atoms with van der Waals surface area (Å²) in [5.74, 6) is -1.22. The van der Waals surface area contributed by atoms with E-state index in [-0.39, 0.29) is 18.2 Å². The van der Waals surface area contributed by atoms with Gasteiger partial charge in [0.1, 0.15) is 11.6 Å². The second-order valence-electron chi connectivity index (χ2n) is 6.23. The molecule has 3 rings (SSSR count). The molecule has 0 unspecified atom stereocenters. The summed E-state index contributed by atoms with van der Waals surface area (Å²) in [5, 5.41) is -0.218. The fraction of sp³-hybridized carbons (Fsp3) is 0.368. The average Bonchev–Trinajstić information content (AvgIpc) is 2.74. The molecule has 0 saturated carbocycles. The third-order valence-electron chi connectivity index (χ3n) is 4.33. The first-order chi connectivity index (χ1) is 12.3. The number of fused-ring (bicyclic) bond motifs is 1. The number of benzene rings is 2. The molecule has 0 radical (unpaired) electrons. The third kappa shape index (κ3) is 4.69. The molecule has 0 aromatic heterocycles. The number of alkyl halides is 3. The standard InChI is InChI=1S/C19H18F5NS/c20-13-6-7-14(15(21)12-13)17-8-11-25(10-3-9-19(22,23)24)16-4-1-2-5-18(16)26-17/h1-2,4-7,12,17H,3,8-11H2/t17-/m0/s1. The van der Waals surface area contributed by atoms with E-state index < -0.39 is 24.2 Å². The van der Waals surface area contributed by atoms with E-state index in [2.05, 4.69) is 0 Å². The smallest absolute Gasteiger partial charge is 0.371 e. The quantitative estimate of drug-likeness (QED) is 0.562. The summed E-state index contributed by atoms with van der Waals surface area (Å²) >= 11 is 1.47. The molecule has 0 fully saturated rings. The van der Waals surface area contributed by atoms with Gasteiger partial charge in [-0.2, -0.15) is 13.2 Å². The van der Waals surface area contributed by atoms with E-state index in [1.165, 1.54) is 23.9 Å². The minimum atomic E-state index is -4.17. The van der Waals surface area contributed by atoms with Crippen LogP contribution in [0, 0.1) is 11.6 Å². The van der Waals surface area contributed by atoms with Gasteiger partial charge in [0, 0.05) is 41.3 Å². The molecule has 7 heteroatoms. The molecular weight excluding hydrogens is 369 g/mol. The molecule has 1 heterocycles. The van der Waals surface area contributed by atoms with Crippen molar-refractivity contribution in [3.63, 3.8) is 0 Å². The molecule has 0 amide bonds. The Balaban J connectivity index is 1.80. The molecule has 1 atom stereocenters. The zero-order chi connectivity index (χ0) is 18.7. The van der Waals surface area contributed by atoms with Gasteiger partial charge in [0.2, 0.25) is 0 Å². The SMILES string of the molecule is Fc1ccc([C@@H]2CCN(CCCC(F)(F)F)c3ccccc3S2)c(F)c1. The van der Waals surface area contributed by atoms with Gasteiger partial charge in [-0.1, -0.05) is 18.2 Å². The van der Waals surface area contributed by atoms with E-state index in [4.69, 9.17) is 0 Å². The number of hydrogen-bond donors (Lipinski definition) is 0. The molecule has 0 bridgehead atoms. The van der Waals surface area contributed by atoms with Crippen LogP contribution in [0.4, 0.5) is 27.6 Å². The molecule has 0 aliphatic carbocycles. The van der Waals surface area contributed by atoms with Crippen LogP contribution in [0.15, 0.2) is 47.4 Å². The average molecular weight is 387 g/mol. The van der Waals surface area contributed by atoms with Gasteiger partial charge in [-0.25, -0.2) is 8.78 Å². The molecule has 0 saturated heterocycles. The first kappa shape index (κ1) is 19.0. The van der Waals surface area contributed by atoms with Gasteiger partial charge in [0.15, 0.2) is 0 Å². The molecule has 1 aliphatic heterocycles. The lowest BCUT2D eigenvalue weighted by Crippen LogP contribution is -2.26. The minimum Gasteiger partial charge on any atom is -0.371 e. The van der Waals surface area contributed by atoms with Gasteiger partial charge in [-0.3, -0.25) is 0 Å². The van der Waals surface area contributed by atoms with E-state index in [1.54, 1.807) is 0 Å². The zero-order valence-electron chi connectivity index (χ0n) is 13.9. The topological polar surface area (TPSA) is 3.24 Å². The number of para-hydroxylation sites is 1. The van der Waals surface area contributed by atoms with Gasteiger partial charge in [0.05, 0.1) is 5.69 Å². The van der Waals surface area contributed by atoms with E-state index in [0.717, 1.165) is 16.6 Å². The van der Waals surface area contributed by atoms with Crippen molar-refractivity contribution >= 4 is 17.4 Å². The first-order valence-electron chi connectivity index (χ1n) is 8.36. The van der Waals surface area contributed by atoms with Crippen LogP contribution in [-0.4, -0.2) is 19.3 Å². The van der Waals surface area contributed by atoms with Gasteiger partial charge >= 0.3 is 6.18 Å². The Labute approximate surface area is 153 Å². The number of nitrogens with zero attached hydrogens (tertiary/aromatic N) is 1. The number of thioether (sulfide) groups is 1. The summed E-state index contributed by atoms with van der Waals surface area (Å²) in [4.78, 5) is 2.82. The maximum Gasteiger partial charge on any atom is 0.389 e. The van der Waals surface area contributed by atoms with Crippen molar-refractivity contribution in [1.29, 1.82) is 0 Å². The molecule has 1 nitrogen and oxygen atoms in total. The lowest BCUT2D eigenvalue weighted by Gasteiger charge is -2.24. The summed E-state index contributed by atoms with van der Waals surface area (Å²) < 4.78 is 64.7. The molecule has 26 heavy (non-hydrogen) atoms. The van der Waals surface area contributed by atoms with Crippen LogP contribution in [0.25, 0.3) is 0 Å². The lowest BCUT2D eigenvalue weighted by atomic mass is 10.1. The summed E-state index contributed by atoms with van der Waals surface area (Å²) in [7, 11) is 0. The second-order valence-corrected chi connectivity index (χ2v) is 7.48. The van der Waals surface area contributed by atoms with E-state index in [0.29, 0.717) is 18.5 Å². The second kappa shape index (κ2) is 7.86. The Hall–Kier alpha value is -1.76. The normalized spacial score (nSPS) is 17.7. The summed E-state index contributed by atoms with van der Waals surface area (Å²) in [6.45, 7) is 0.805. The maximum absolute atomic E-state index is 14.2. The van der Waals surface area contributed by atoms with Crippen LogP contribution in [0.5, 0.6) is 0 Å². The monoisotopic (exact) mass is 387 g/mol. The van der Waals surface area contributed by atoms with Gasteiger partial charge in [-0.15, -0.1) is 11.8 Å². The Morgan fingerprint density at radius 2 is 1.85 bits per heavy atom. The number of anilines is 1. The van der Waals surface area contributed by atoms with Crippen LogP contribution < -0.4 is 4.90 Å². The molecule has 2 aromatic carbocycles. The van der Waals surface area contributed by atoms with Crippen molar-refractivity contribution in [2.24, 2.45) is 0 Å². The Kier molecular flexibility index (Phi) is 5.75. The molecule has 1 aliphatic rings. The molecule has 2 aromatic rings. The number of halogens is 5. The Bertz CT molecular complexity index is 762. The van der Waals surface area contributed by atoms with Gasteiger partial charge < -0.3 is 4.90 Å². The lowest BCUT2D eigenvalue weighted by molar-refractivity contribution is -0.135. The van der Waals surface area contributed by atoms with E-state index >= 15 is 0 Å². The van der Waals surface area contributed by atoms with Crippen molar-refractivity contribution in [3.8, 4) is 0 Å². The van der Waals surface area contributed by atoms with Crippen LogP contribution in [0.3, 0.4) is 0 Å². The van der Waals surface area contributed by atoms with E-state index in [1.807, 2.05) is 29.2 Å². The Morgan fingerprint density at radius 3 is 2.58 bits per heavy atom. The largest absolute Gasteiger partial charge is 0.389 e. The molecular formula is C19H18F5NS. The van der Waals surface area contributed by atoms with Crippen molar-refractivity contribution < 1.29 is 22.0 Å². The van der Waals surface area contributed by atoms with E-state index in [9.17, 15) is 22.0 Å². The summed E-state index contributed by atoms with van der Waals surface area (Å²) in [6, 6.07) is 11.0. The van der Waals surface area contributed by atoms with Crippen LogP contribution >= 0.6 is 11.8 Å². The summed E-state index contributed by atoms with van der Waals surface area (Å²) in [5.41, 5.74) is 1.29. The van der Waals surface area contributed by atoms with Crippen molar-refractivity contribution in [3.05, 3.63) is 59.7 Å². The maximum atomic E-state index is 14.2. The predicted octanol–water partition coefficient (Wildman–Crippen LogP) is 6.35. The number of hydrogen-bond acceptors (Lipinski definition) is 2. The molecule has 0 spiro atoms. The van der Waals surface area contributed by atoms with Crippen molar-refractivity contribution in [1.82, 2.24) is 0 Å². The summed E-state index contributed by atoms with van der Waals surface area (Å²) in [6.07, 6.45) is -4.42. The zero-order valence-corrected chi connectivity index (χ0v) is 14.7. The number of rotatable bonds is 4. The van der Waals surface area contributed by atoms with Crippen LogP contribution in [-0.2, 0) is 0 Å². The highest BCUT2D eigenvalue weighted by atomic mass is 32.2. The van der Waals surface area contributed by atoms with Gasteiger partial charge in [0.25, 0.3) is 0 Å². The fourth-order valence-corrected chi connectivity index (χ4v) is 4.43. The minimum absolute atomic E-state index is 0.0120. The highest BCUT2D eigenvalue weighted by molar-refractivity contribution is 7.99. The van der Waals surface area contributed by atoms with Gasteiger partial charge in [-0.05, 0) is 31.0 Å². The van der Waals surface area contributed by atoms with Crippen molar-refractivity contribution in [2.45, 2.75) is 35.6 Å². The van der Waals surface area contributed by atoms with Crippen LogP contribution in [0.1, 0.15) is 30.1 Å². The first-order valence-corrected chi connectivity index (χ1v) is 9.24. The fourth-order valence-electron chi connectivity index (χ4n) is 3.11.